The molecule has 0 bridgehead atoms. The Morgan fingerprint density at radius 3 is 1.65 bits per heavy atom. The summed E-state index contributed by atoms with van der Waals surface area (Å²) in [6.45, 7) is 9.74. The van der Waals surface area contributed by atoms with Gasteiger partial charge in [0.05, 0.1) is 23.1 Å². The standard InChI is InChI=1S/C60H53N3/c1-59(2)52-27-17-18-28-56(52)63-57-38-37-50(61(46-23-13-7-14-24-46)48-33-29-44(30-34-48)42-19-9-5-10-20-42)39-53(57)60(3,4)55-41-51(40-54(59)58(55)63)62(47-25-15-8-16-26-47)49-35-31-45(32-36-49)43-21-11-6-12-22-43/h5-13,15-23,25,27-41,47H,14,24,26H2,1-4H3. The maximum absolute atomic E-state index is 2.59. The van der Waals surface area contributed by atoms with Crippen LogP contribution in [0.2, 0.25) is 0 Å². The van der Waals surface area contributed by atoms with Crippen LogP contribution in [0.15, 0.2) is 212 Å². The molecule has 308 valence electrons. The predicted molar refractivity (Wildman–Crippen MR) is 267 cm³/mol. The van der Waals surface area contributed by atoms with Gasteiger partial charge in [0.15, 0.2) is 0 Å². The molecule has 1 atom stereocenters. The maximum atomic E-state index is 2.59. The SMILES string of the molecule is CC1(C)c2ccccc2N2c3ccc(N(C4=CC=CCC4)c4ccc(-c5ccccc5)cc4)cc3C(C)(C)c3cc(N(c4ccc(-c5ccccc5)cc4)C4C=CC=CC4)cc1c32. The lowest BCUT2D eigenvalue weighted by atomic mass is 9.66. The quantitative estimate of drug-likeness (QED) is 0.151. The Balaban J connectivity index is 1.09. The highest BCUT2D eigenvalue weighted by Gasteiger charge is 2.46. The molecule has 2 aliphatic carbocycles. The first-order valence-corrected chi connectivity index (χ1v) is 22.6. The van der Waals surface area contributed by atoms with E-state index in [1.54, 1.807) is 0 Å². The normalized spacial score (nSPS) is 17.3. The second kappa shape index (κ2) is 15.4. The van der Waals surface area contributed by atoms with E-state index in [0.717, 1.165) is 19.3 Å². The molecule has 7 aromatic carbocycles. The molecule has 63 heavy (non-hydrogen) atoms. The number of anilines is 7. The molecule has 2 aliphatic heterocycles. The third-order valence-corrected chi connectivity index (χ3v) is 14.0. The van der Waals surface area contributed by atoms with Crippen LogP contribution in [0.25, 0.3) is 22.3 Å². The number of allylic oxidation sites excluding steroid dienone is 6. The smallest absolute Gasteiger partial charge is 0.0559 e. The summed E-state index contributed by atoms with van der Waals surface area (Å²) in [4.78, 5) is 7.66. The molecule has 1 unspecified atom stereocenters. The highest BCUT2D eigenvalue weighted by atomic mass is 15.2. The Labute approximate surface area is 373 Å². The zero-order valence-electron chi connectivity index (χ0n) is 36.7. The van der Waals surface area contributed by atoms with E-state index in [9.17, 15) is 0 Å². The summed E-state index contributed by atoms with van der Waals surface area (Å²) < 4.78 is 0. The van der Waals surface area contributed by atoms with E-state index in [1.807, 2.05) is 0 Å². The molecule has 0 fully saturated rings. The molecule has 0 saturated heterocycles. The molecular formula is C60H53N3. The van der Waals surface area contributed by atoms with Crippen LogP contribution in [0.3, 0.4) is 0 Å². The Morgan fingerprint density at radius 2 is 1.03 bits per heavy atom. The number of hydrogen-bond donors (Lipinski definition) is 0. The first-order valence-electron chi connectivity index (χ1n) is 22.6. The zero-order chi connectivity index (χ0) is 42.7. The monoisotopic (exact) mass is 815 g/mol. The van der Waals surface area contributed by atoms with Gasteiger partial charge in [0.1, 0.15) is 0 Å². The van der Waals surface area contributed by atoms with E-state index in [-0.39, 0.29) is 16.9 Å². The second-order valence-electron chi connectivity index (χ2n) is 18.5. The van der Waals surface area contributed by atoms with Crippen LogP contribution in [-0.2, 0) is 10.8 Å². The lowest BCUT2D eigenvalue weighted by Crippen LogP contribution is -2.39. The van der Waals surface area contributed by atoms with Gasteiger partial charge in [-0.15, -0.1) is 0 Å². The molecule has 0 radical (unpaired) electrons. The molecule has 2 heterocycles. The van der Waals surface area contributed by atoms with Crippen LogP contribution in [0.4, 0.5) is 39.8 Å². The predicted octanol–water partition coefficient (Wildman–Crippen LogP) is 16.2. The molecule has 0 aromatic heterocycles. The summed E-state index contributed by atoms with van der Waals surface area (Å²) in [5, 5.41) is 0. The van der Waals surface area contributed by atoms with Gasteiger partial charge in [-0.3, -0.25) is 0 Å². The van der Waals surface area contributed by atoms with Gasteiger partial charge < -0.3 is 14.7 Å². The van der Waals surface area contributed by atoms with Crippen LogP contribution >= 0.6 is 0 Å². The minimum absolute atomic E-state index is 0.170. The largest absolute Gasteiger partial charge is 0.334 e. The molecule has 3 heteroatoms. The van der Waals surface area contributed by atoms with E-state index in [2.05, 4.69) is 249 Å². The molecule has 0 saturated carbocycles. The van der Waals surface area contributed by atoms with Crippen molar-refractivity contribution in [1.82, 2.24) is 0 Å². The topological polar surface area (TPSA) is 9.72 Å². The lowest BCUT2D eigenvalue weighted by molar-refractivity contribution is 0.596. The molecule has 0 amide bonds. The van der Waals surface area contributed by atoms with Crippen molar-refractivity contribution in [2.24, 2.45) is 0 Å². The molecule has 7 aromatic rings. The second-order valence-corrected chi connectivity index (χ2v) is 18.5. The fourth-order valence-electron chi connectivity index (χ4n) is 10.6. The van der Waals surface area contributed by atoms with Gasteiger partial charge in [-0.2, -0.15) is 0 Å². The van der Waals surface area contributed by atoms with Gasteiger partial charge in [0.25, 0.3) is 0 Å². The molecule has 0 spiro atoms. The number of hydrogen-bond acceptors (Lipinski definition) is 3. The third kappa shape index (κ3) is 6.57. The number of fused-ring (bicyclic) bond motifs is 4. The molecule has 3 nitrogen and oxygen atoms in total. The molecule has 0 N–H and O–H groups in total. The lowest BCUT2D eigenvalue weighted by Gasteiger charge is -2.50. The summed E-state index contributed by atoms with van der Waals surface area (Å²) in [6, 6.07) is 61.2. The Kier molecular flexibility index (Phi) is 9.46. The Morgan fingerprint density at radius 1 is 0.476 bits per heavy atom. The number of nitrogens with zero attached hydrogens (tertiary/aromatic N) is 3. The van der Waals surface area contributed by atoms with Crippen LogP contribution in [-0.4, -0.2) is 6.04 Å². The summed E-state index contributed by atoms with van der Waals surface area (Å²) in [6.07, 6.45) is 18.8. The maximum Gasteiger partial charge on any atom is 0.0559 e. The van der Waals surface area contributed by atoms with Crippen molar-refractivity contribution in [3.8, 4) is 22.3 Å². The van der Waals surface area contributed by atoms with Crippen molar-refractivity contribution in [3.63, 3.8) is 0 Å². The third-order valence-electron chi connectivity index (χ3n) is 14.0. The van der Waals surface area contributed by atoms with Gasteiger partial charge in [-0.25, -0.2) is 0 Å². The first kappa shape index (κ1) is 38.8. The highest BCUT2D eigenvalue weighted by molar-refractivity contribution is 5.95. The van der Waals surface area contributed by atoms with Crippen LogP contribution < -0.4 is 14.7 Å². The van der Waals surface area contributed by atoms with Crippen LogP contribution in [0.5, 0.6) is 0 Å². The van der Waals surface area contributed by atoms with Gasteiger partial charge in [-0.05, 0) is 131 Å². The van der Waals surface area contributed by atoms with Crippen molar-refractivity contribution in [2.45, 2.75) is 63.8 Å². The summed E-state index contributed by atoms with van der Waals surface area (Å²) >= 11 is 0. The van der Waals surface area contributed by atoms with E-state index in [1.165, 1.54) is 90.0 Å². The van der Waals surface area contributed by atoms with E-state index >= 15 is 0 Å². The Bertz CT molecular complexity index is 2970. The zero-order valence-corrected chi connectivity index (χ0v) is 36.7. The van der Waals surface area contributed by atoms with Gasteiger partial charge >= 0.3 is 0 Å². The van der Waals surface area contributed by atoms with Crippen LogP contribution in [0.1, 0.15) is 69.2 Å². The van der Waals surface area contributed by atoms with Crippen LogP contribution in [0, 0.1) is 0 Å². The van der Waals surface area contributed by atoms with E-state index in [4.69, 9.17) is 0 Å². The summed E-state index contributed by atoms with van der Waals surface area (Å²) in [5.41, 5.74) is 19.6. The average Bonchev–Trinajstić information content (AvgIpc) is 3.33. The minimum Gasteiger partial charge on any atom is -0.334 e. The number of benzene rings is 7. The van der Waals surface area contributed by atoms with Crippen molar-refractivity contribution in [1.29, 1.82) is 0 Å². The van der Waals surface area contributed by atoms with E-state index < -0.39 is 0 Å². The Hall–Kier alpha value is -7.10. The van der Waals surface area contributed by atoms with Crippen molar-refractivity contribution in [3.05, 3.63) is 234 Å². The molecular weight excluding hydrogens is 763 g/mol. The van der Waals surface area contributed by atoms with Gasteiger partial charge in [0.2, 0.25) is 0 Å². The fraction of sp³-hybridized carbons (Fsp3) is 0.167. The fourth-order valence-corrected chi connectivity index (χ4v) is 10.6. The summed E-state index contributed by atoms with van der Waals surface area (Å²) in [5.74, 6) is 0. The average molecular weight is 816 g/mol. The van der Waals surface area contributed by atoms with Crippen molar-refractivity contribution >= 4 is 39.8 Å². The number of para-hydroxylation sites is 1. The number of rotatable bonds is 8. The van der Waals surface area contributed by atoms with Gasteiger partial charge in [-0.1, -0.05) is 167 Å². The highest BCUT2D eigenvalue weighted by Crippen LogP contribution is 2.61. The first-order chi connectivity index (χ1) is 30.8. The molecule has 11 rings (SSSR count). The van der Waals surface area contributed by atoms with Gasteiger partial charge in [0, 0.05) is 39.3 Å². The van der Waals surface area contributed by atoms with Crippen molar-refractivity contribution < 1.29 is 0 Å². The summed E-state index contributed by atoms with van der Waals surface area (Å²) in [7, 11) is 0. The minimum atomic E-state index is -0.334. The van der Waals surface area contributed by atoms with E-state index in [0.29, 0.717) is 0 Å². The van der Waals surface area contributed by atoms with Crippen molar-refractivity contribution in [2.75, 3.05) is 14.7 Å². The molecule has 4 aliphatic rings.